The first-order valence-corrected chi connectivity index (χ1v) is 5.71. The van der Waals surface area contributed by atoms with Gasteiger partial charge < -0.3 is 10.8 Å². The second-order valence-electron chi connectivity index (χ2n) is 6.08. The molecule has 0 spiro atoms. The summed E-state index contributed by atoms with van der Waals surface area (Å²) in [6.07, 6.45) is 3.29. The molecule has 0 heterocycles. The van der Waals surface area contributed by atoms with Crippen molar-refractivity contribution in [2.75, 3.05) is 6.54 Å². The van der Waals surface area contributed by atoms with Crippen molar-refractivity contribution >= 4 is 5.97 Å². The lowest BCUT2D eigenvalue weighted by Gasteiger charge is -2.30. The van der Waals surface area contributed by atoms with E-state index in [2.05, 4.69) is 20.8 Å². The Hall–Kier alpha value is -0.570. The number of hydrogen-bond donors (Lipinski definition) is 2. The van der Waals surface area contributed by atoms with Gasteiger partial charge in [0, 0.05) is 0 Å². The zero-order chi connectivity index (χ0) is 11.7. The highest BCUT2D eigenvalue weighted by Crippen LogP contribution is 2.49. The van der Waals surface area contributed by atoms with Crippen molar-refractivity contribution in [3.63, 3.8) is 0 Å². The highest BCUT2D eigenvalue weighted by atomic mass is 16.4. The molecule has 0 bridgehead atoms. The van der Waals surface area contributed by atoms with Crippen molar-refractivity contribution in [1.82, 2.24) is 0 Å². The fourth-order valence-corrected chi connectivity index (χ4v) is 2.69. The van der Waals surface area contributed by atoms with Gasteiger partial charge in [-0.3, -0.25) is 4.79 Å². The molecule has 1 aliphatic carbocycles. The molecule has 1 rings (SSSR count). The minimum absolute atomic E-state index is 0.135. The van der Waals surface area contributed by atoms with E-state index in [0.29, 0.717) is 12.5 Å². The van der Waals surface area contributed by atoms with Crippen LogP contribution in [0.25, 0.3) is 0 Å². The van der Waals surface area contributed by atoms with Gasteiger partial charge in [0.15, 0.2) is 0 Å². The standard InChI is InChI=1S/C12H23NO2/c1-11(2,3)9-4-5-12(6-9,8-13)7-10(14)15/h9H,4-8,13H2,1-3H3,(H,14,15)/t9-,12+/m0/s1. The molecule has 0 aromatic carbocycles. The first-order chi connectivity index (χ1) is 6.79. The predicted molar refractivity (Wildman–Crippen MR) is 60.5 cm³/mol. The molecule has 2 atom stereocenters. The smallest absolute Gasteiger partial charge is 0.303 e. The molecule has 3 nitrogen and oxygen atoms in total. The third-order valence-electron chi connectivity index (χ3n) is 3.89. The highest BCUT2D eigenvalue weighted by Gasteiger charge is 2.43. The number of rotatable bonds is 3. The van der Waals surface area contributed by atoms with E-state index in [1.807, 2.05) is 0 Å². The maximum atomic E-state index is 10.8. The summed E-state index contributed by atoms with van der Waals surface area (Å²) < 4.78 is 0. The van der Waals surface area contributed by atoms with Crippen molar-refractivity contribution in [3.8, 4) is 0 Å². The van der Waals surface area contributed by atoms with E-state index >= 15 is 0 Å². The van der Waals surface area contributed by atoms with Gasteiger partial charge in [-0.15, -0.1) is 0 Å². The summed E-state index contributed by atoms with van der Waals surface area (Å²) in [5, 5.41) is 8.90. The van der Waals surface area contributed by atoms with Crippen molar-refractivity contribution < 1.29 is 9.90 Å². The maximum absolute atomic E-state index is 10.8. The molecule has 1 aliphatic rings. The van der Waals surface area contributed by atoms with Crippen LogP contribution in [0.5, 0.6) is 0 Å². The molecule has 88 valence electrons. The lowest BCUT2D eigenvalue weighted by molar-refractivity contribution is -0.139. The van der Waals surface area contributed by atoms with E-state index in [-0.39, 0.29) is 17.3 Å². The molecule has 1 fully saturated rings. The van der Waals surface area contributed by atoms with Crippen LogP contribution in [0.1, 0.15) is 46.5 Å². The van der Waals surface area contributed by atoms with Gasteiger partial charge >= 0.3 is 5.97 Å². The fourth-order valence-electron chi connectivity index (χ4n) is 2.69. The van der Waals surface area contributed by atoms with Crippen LogP contribution < -0.4 is 5.73 Å². The topological polar surface area (TPSA) is 63.3 Å². The molecule has 0 aromatic rings. The summed E-state index contributed by atoms with van der Waals surface area (Å²) in [6, 6.07) is 0. The second-order valence-corrected chi connectivity index (χ2v) is 6.08. The summed E-state index contributed by atoms with van der Waals surface area (Å²) in [7, 11) is 0. The Morgan fingerprint density at radius 2 is 2.13 bits per heavy atom. The predicted octanol–water partition coefficient (Wildman–Crippen LogP) is 2.25. The Labute approximate surface area is 92.0 Å². The highest BCUT2D eigenvalue weighted by molar-refractivity contribution is 5.67. The first kappa shape index (κ1) is 12.5. The lowest BCUT2D eigenvalue weighted by Crippen LogP contribution is -2.31. The Kier molecular flexibility index (Phi) is 3.44. The van der Waals surface area contributed by atoms with Crippen LogP contribution in [0.2, 0.25) is 0 Å². The molecule has 0 unspecified atom stereocenters. The van der Waals surface area contributed by atoms with Gasteiger partial charge in [-0.05, 0) is 42.6 Å². The van der Waals surface area contributed by atoms with E-state index in [4.69, 9.17) is 10.8 Å². The van der Waals surface area contributed by atoms with E-state index in [1.54, 1.807) is 0 Å². The summed E-state index contributed by atoms with van der Waals surface area (Å²) >= 11 is 0. The number of nitrogens with two attached hydrogens (primary N) is 1. The monoisotopic (exact) mass is 213 g/mol. The number of carboxylic acids is 1. The number of hydrogen-bond acceptors (Lipinski definition) is 2. The molecule has 3 heteroatoms. The van der Waals surface area contributed by atoms with Crippen LogP contribution in [0, 0.1) is 16.7 Å². The van der Waals surface area contributed by atoms with Gasteiger partial charge in [0.1, 0.15) is 0 Å². The van der Waals surface area contributed by atoms with E-state index in [0.717, 1.165) is 19.3 Å². The van der Waals surface area contributed by atoms with Gasteiger partial charge in [-0.25, -0.2) is 0 Å². The van der Waals surface area contributed by atoms with Crippen molar-refractivity contribution in [2.24, 2.45) is 22.5 Å². The van der Waals surface area contributed by atoms with Crippen molar-refractivity contribution in [1.29, 1.82) is 0 Å². The molecular weight excluding hydrogens is 190 g/mol. The number of carbonyl (C=O) groups is 1. The molecule has 3 N–H and O–H groups in total. The molecule has 1 saturated carbocycles. The molecule has 0 aliphatic heterocycles. The average molecular weight is 213 g/mol. The Balaban J connectivity index is 2.69. The Bertz CT molecular complexity index is 244. The maximum Gasteiger partial charge on any atom is 0.303 e. The molecule has 0 saturated heterocycles. The Morgan fingerprint density at radius 1 is 1.53 bits per heavy atom. The van der Waals surface area contributed by atoms with Gasteiger partial charge in [-0.2, -0.15) is 0 Å². The van der Waals surface area contributed by atoms with Crippen LogP contribution in [0.4, 0.5) is 0 Å². The zero-order valence-electron chi connectivity index (χ0n) is 10.0. The summed E-state index contributed by atoms with van der Waals surface area (Å²) in [5.41, 5.74) is 5.90. The molecule has 0 radical (unpaired) electrons. The molecule has 0 aromatic heterocycles. The Morgan fingerprint density at radius 3 is 2.47 bits per heavy atom. The molecule has 15 heavy (non-hydrogen) atoms. The van der Waals surface area contributed by atoms with Crippen molar-refractivity contribution in [2.45, 2.75) is 46.5 Å². The summed E-state index contributed by atoms with van der Waals surface area (Å²) in [6.45, 7) is 7.19. The quantitative estimate of drug-likeness (QED) is 0.755. The minimum atomic E-state index is -0.713. The zero-order valence-corrected chi connectivity index (χ0v) is 10.0. The average Bonchev–Trinajstić information content (AvgIpc) is 2.47. The van der Waals surface area contributed by atoms with E-state index < -0.39 is 5.97 Å². The van der Waals surface area contributed by atoms with E-state index in [9.17, 15) is 4.79 Å². The number of aliphatic carboxylic acids is 1. The normalized spacial score (nSPS) is 31.9. The van der Waals surface area contributed by atoms with Gasteiger partial charge in [0.25, 0.3) is 0 Å². The number of carboxylic acid groups (broad SMARTS) is 1. The SMILES string of the molecule is CC(C)(C)[C@H]1CC[C@](CN)(CC(=O)O)C1. The van der Waals surface area contributed by atoms with Crippen LogP contribution in [-0.4, -0.2) is 17.6 Å². The molecular formula is C12H23NO2. The van der Waals surface area contributed by atoms with Crippen molar-refractivity contribution in [3.05, 3.63) is 0 Å². The van der Waals surface area contributed by atoms with Crippen LogP contribution in [0.3, 0.4) is 0 Å². The minimum Gasteiger partial charge on any atom is -0.481 e. The lowest BCUT2D eigenvalue weighted by atomic mass is 9.75. The van der Waals surface area contributed by atoms with Crippen LogP contribution >= 0.6 is 0 Å². The third-order valence-corrected chi connectivity index (χ3v) is 3.89. The van der Waals surface area contributed by atoms with Gasteiger partial charge in [0.05, 0.1) is 6.42 Å². The molecule has 0 amide bonds. The van der Waals surface area contributed by atoms with Gasteiger partial charge in [-0.1, -0.05) is 20.8 Å². The van der Waals surface area contributed by atoms with Crippen LogP contribution in [-0.2, 0) is 4.79 Å². The fraction of sp³-hybridized carbons (Fsp3) is 0.917. The first-order valence-electron chi connectivity index (χ1n) is 5.71. The third kappa shape index (κ3) is 2.94. The van der Waals surface area contributed by atoms with Gasteiger partial charge in [0.2, 0.25) is 0 Å². The van der Waals surface area contributed by atoms with E-state index in [1.165, 1.54) is 0 Å². The largest absolute Gasteiger partial charge is 0.481 e. The summed E-state index contributed by atoms with van der Waals surface area (Å²) in [5.74, 6) is -0.101. The van der Waals surface area contributed by atoms with Crippen LogP contribution in [0.15, 0.2) is 0 Å². The summed E-state index contributed by atoms with van der Waals surface area (Å²) in [4.78, 5) is 10.8. The second kappa shape index (κ2) is 4.12.